The van der Waals surface area contributed by atoms with Gasteiger partial charge in [0.2, 0.25) is 5.88 Å². The molecule has 0 aliphatic carbocycles. The highest BCUT2D eigenvalue weighted by Gasteiger charge is 2.41. The van der Waals surface area contributed by atoms with Crippen molar-refractivity contribution >= 4 is 11.7 Å². The number of aromatic nitrogens is 2. The predicted molar refractivity (Wildman–Crippen MR) is 92.7 cm³/mol. The molecule has 0 aromatic carbocycles. The van der Waals surface area contributed by atoms with E-state index in [0.29, 0.717) is 30.0 Å². The van der Waals surface area contributed by atoms with Crippen molar-refractivity contribution in [3.05, 3.63) is 47.3 Å². The van der Waals surface area contributed by atoms with Crippen molar-refractivity contribution in [3.8, 4) is 5.88 Å². The first kappa shape index (κ1) is 19.8. The summed E-state index contributed by atoms with van der Waals surface area (Å²) in [5.74, 6) is -3.92. The van der Waals surface area contributed by atoms with Crippen molar-refractivity contribution in [3.63, 3.8) is 0 Å². The van der Waals surface area contributed by atoms with E-state index in [9.17, 15) is 22.4 Å². The second-order valence-corrected chi connectivity index (χ2v) is 6.23. The number of amides is 1. The smallest absolute Gasteiger partial charge is 0.340 e. The van der Waals surface area contributed by atoms with Crippen LogP contribution in [0.2, 0.25) is 0 Å². The van der Waals surface area contributed by atoms with Gasteiger partial charge in [-0.1, -0.05) is 6.07 Å². The molecule has 0 saturated carbocycles. The molecule has 28 heavy (non-hydrogen) atoms. The predicted octanol–water partition coefficient (Wildman–Crippen LogP) is 3.34. The summed E-state index contributed by atoms with van der Waals surface area (Å²) >= 11 is 0. The van der Waals surface area contributed by atoms with Crippen LogP contribution in [0.3, 0.4) is 0 Å². The van der Waals surface area contributed by atoms with Crippen molar-refractivity contribution in [1.82, 2.24) is 14.9 Å². The molecule has 0 bridgehead atoms. The van der Waals surface area contributed by atoms with Crippen LogP contribution in [-0.2, 0) is 13.1 Å². The third-order valence-corrected chi connectivity index (χ3v) is 4.17. The number of rotatable bonds is 8. The Balaban J connectivity index is 1.63. The number of pyridine rings is 2. The van der Waals surface area contributed by atoms with E-state index in [-0.39, 0.29) is 18.3 Å². The Morgan fingerprint density at radius 1 is 1.29 bits per heavy atom. The molecule has 1 aliphatic heterocycles. The number of halogens is 4. The van der Waals surface area contributed by atoms with Gasteiger partial charge in [-0.25, -0.2) is 18.7 Å². The van der Waals surface area contributed by atoms with Crippen LogP contribution in [0.15, 0.2) is 30.6 Å². The van der Waals surface area contributed by atoms with E-state index in [1.807, 2.05) is 6.92 Å². The van der Waals surface area contributed by atoms with Crippen molar-refractivity contribution in [2.45, 2.75) is 32.4 Å². The molecule has 0 spiro atoms. The number of alkyl halides is 4. The fourth-order valence-corrected chi connectivity index (χ4v) is 2.78. The Bertz CT molecular complexity index is 846. The molecule has 1 aliphatic rings. The van der Waals surface area contributed by atoms with E-state index in [1.54, 1.807) is 23.2 Å². The SMILES string of the molecule is CCNc1nccc2c1CN(Cc1ccc(OCC(F)(F)C(F)F)nc1)C2=O. The minimum atomic E-state index is -4.24. The molecule has 0 radical (unpaired) electrons. The average Bonchev–Trinajstić information content (AvgIpc) is 2.98. The number of nitrogens with one attached hydrogen (secondary N) is 1. The zero-order valence-corrected chi connectivity index (χ0v) is 15.0. The van der Waals surface area contributed by atoms with Gasteiger partial charge in [-0.15, -0.1) is 0 Å². The number of hydrogen-bond donors (Lipinski definition) is 1. The zero-order chi connectivity index (χ0) is 20.3. The van der Waals surface area contributed by atoms with Crippen molar-refractivity contribution in [1.29, 1.82) is 0 Å². The minimum Gasteiger partial charge on any atom is -0.471 e. The van der Waals surface area contributed by atoms with Gasteiger partial charge in [0.1, 0.15) is 5.82 Å². The number of carbonyl (C=O) groups excluding carboxylic acids is 1. The number of ether oxygens (including phenoxy) is 1. The molecule has 1 amide bonds. The van der Waals surface area contributed by atoms with Crippen LogP contribution < -0.4 is 10.1 Å². The van der Waals surface area contributed by atoms with Gasteiger partial charge in [-0.05, 0) is 18.6 Å². The Kier molecular flexibility index (Phi) is 5.66. The second kappa shape index (κ2) is 7.99. The largest absolute Gasteiger partial charge is 0.471 e. The van der Waals surface area contributed by atoms with Crippen LogP contribution in [-0.4, -0.2) is 46.3 Å². The van der Waals surface area contributed by atoms with Gasteiger partial charge in [0.15, 0.2) is 6.61 Å². The Morgan fingerprint density at radius 2 is 2.07 bits per heavy atom. The summed E-state index contributed by atoms with van der Waals surface area (Å²) in [6.07, 6.45) is -0.882. The van der Waals surface area contributed by atoms with Crippen LogP contribution in [0.4, 0.5) is 23.4 Å². The lowest BCUT2D eigenvalue weighted by atomic mass is 10.1. The molecule has 0 saturated heterocycles. The maximum absolute atomic E-state index is 12.9. The van der Waals surface area contributed by atoms with E-state index < -0.39 is 19.0 Å². The normalized spacial score (nSPS) is 13.8. The summed E-state index contributed by atoms with van der Waals surface area (Å²) in [7, 11) is 0. The first-order chi connectivity index (χ1) is 13.3. The lowest BCUT2D eigenvalue weighted by Gasteiger charge is -2.17. The van der Waals surface area contributed by atoms with Gasteiger partial charge in [0.25, 0.3) is 5.91 Å². The first-order valence-electron chi connectivity index (χ1n) is 8.56. The third-order valence-electron chi connectivity index (χ3n) is 4.17. The molecule has 0 fully saturated rings. The van der Waals surface area contributed by atoms with Gasteiger partial charge < -0.3 is 15.0 Å². The first-order valence-corrected chi connectivity index (χ1v) is 8.56. The topological polar surface area (TPSA) is 67.3 Å². The molecule has 10 heteroatoms. The molecule has 150 valence electrons. The maximum atomic E-state index is 12.9. The Morgan fingerprint density at radius 3 is 2.71 bits per heavy atom. The summed E-state index contributed by atoms with van der Waals surface area (Å²) in [6, 6.07) is 4.51. The second-order valence-electron chi connectivity index (χ2n) is 6.23. The molecule has 0 unspecified atom stereocenters. The van der Waals surface area contributed by atoms with E-state index >= 15 is 0 Å². The monoisotopic (exact) mass is 398 g/mol. The van der Waals surface area contributed by atoms with Crippen molar-refractivity contribution < 1.29 is 27.1 Å². The molecule has 3 rings (SSSR count). The summed E-state index contributed by atoms with van der Waals surface area (Å²) in [6.45, 7) is 1.77. The highest BCUT2D eigenvalue weighted by molar-refractivity contribution is 5.99. The third kappa shape index (κ3) is 4.15. The summed E-state index contributed by atoms with van der Waals surface area (Å²) in [5, 5.41) is 3.12. The summed E-state index contributed by atoms with van der Waals surface area (Å²) < 4.78 is 54.7. The van der Waals surface area contributed by atoms with Crippen molar-refractivity contribution in [2.24, 2.45) is 0 Å². The number of hydrogen-bond acceptors (Lipinski definition) is 5. The number of carbonyl (C=O) groups is 1. The number of fused-ring (bicyclic) bond motifs is 1. The molecular formula is C18H18F4N4O2. The van der Waals surface area contributed by atoms with Crippen LogP contribution in [0, 0.1) is 0 Å². The van der Waals surface area contributed by atoms with Gasteiger partial charge in [0.05, 0.1) is 6.54 Å². The van der Waals surface area contributed by atoms with Crippen LogP contribution in [0.1, 0.15) is 28.4 Å². The average molecular weight is 398 g/mol. The highest BCUT2D eigenvalue weighted by Crippen LogP contribution is 2.29. The molecule has 0 atom stereocenters. The Labute approximate surface area is 158 Å². The Hall–Kier alpha value is -2.91. The lowest BCUT2D eigenvalue weighted by Crippen LogP contribution is -2.33. The molecule has 2 aromatic heterocycles. The minimum absolute atomic E-state index is 0.145. The van der Waals surface area contributed by atoms with E-state index in [4.69, 9.17) is 0 Å². The summed E-state index contributed by atoms with van der Waals surface area (Å²) in [5.41, 5.74) is 2.04. The zero-order valence-electron chi connectivity index (χ0n) is 15.0. The highest BCUT2D eigenvalue weighted by atomic mass is 19.3. The summed E-state index contributed by atoms with van der Waals surface area (Å²) in [4.78, 5) is 22.3. The van der Waals surface area contributed by atoms with Gasteiger partial charge >= 0.3 is 12.3 Å². The van der Waals surface area contributed by atoms with Gasteiger partial charge in [-0.3, -0.25) is 4.79 Å². The van der Waals surface area contributed by atoms with Gasteiger partial charge in [0, 0.05) is 42.7 Å². The van der Waals surface area contributed by atoms with Gasteiger partial charge in [-0.2, -0.15) is 8.78 Å². The van der Waals surface area contributed by atoms with E-state index in [0.717, 1.165) is 5.56 Å². The fraction of sp³-hybridized carbons (Fsp3) is 0.389. The number of anilines is 1. The van der Waals surface area contributed by atoms with Crippen LogP contribution in [0.5, 0.6) is 5.88 Å². The molecule has 6 nitrogen and oxygen atoms in total. The number of nitrogens with zero attached hydrogens (tertiary/aromatic N) is 3. The van der Waals surface area contributed by atoms with Crippen LogP contribution in [0.25, 0.3) is 0 Å². The maximum Gasteiger partial charge on any atom is 0.340 e. The quantitative estimate of drug-likeness (QED) is 0.691. The fourth-order valence-electron chi connectivity index (χ4n) is 2.78. The van der Waals surface area contributed by atoms with E-state index in [2.05, 4.69) is 20.0 Å². The van der Waals surface area contributed by atoms with E-state index in [1.165, 1.54) is 12.3 Å². The lowest BCUT2D eigenvalue weighted by molar-refractivity contribution is -0.148. The standard InChI is InChI=1S/C18H18F4N4O2/c1-2-23-15-13-9-26(16(27)12(13)5-6-24-15)8-11-3-4-14(25-7-11)28-10-18(21,22)17(19)20/h3-7,17H,2,8-10H2,1H3,(H,23,24). The van der Waals surface area contributed by atoms with Crippen molar-refractivity contribution in [2.75, 3.05) is 18.5 Å². The molecule has 2 aromatic rings. The van der Waals surface area contributed by atoms with Crippen LogP contribution >= 0.6 is 0 Å². The molecule has 3 heterocycles. The molecule has 1 N–H and O–H groups in total. The molecular weight excluding hydrogens is 380 g/mol.